The fourth-order valence-electron chi connectivity index (χ4n) is 6.53. The smallest absolute Gasteiger partial charge is 0.133 e. The van der Waals surface area contributed by atoms with Crippen LogP contribution < -0.4 is 0 Å². The van der Waals surface area contributed by atoms with Crippen molar-refractivity contribution in [2.45, 2.75) is 68.1 Å². The van der Waals surface area contributed by atoms with Gasteiger partial charge in [0.1, 0.15) is 23.0 Å². The van der Waals surface area contributed by atoms with E-state index in [1.807, 2.05) is 18.7 Å². The van der Waals surface area contributed by atoms with Crippen molar-refractivity contribution in [1.29, 1.82) is 0 Å². The minimum Gasteiger partial charge on any atom is -0.300 e. The molecule has 4 fully saturated rings. The molecular weight excluding hydrogens is 359 g/mol. The number of Topliss-reactive ketones (excluding diaryl/α,β-unsaturated/α-hetero) is 1. The summed E-state index contributed by atoms with van der Waals surface area (Å²) in [6.07, 6.45) is 10.3. The van der Waals surface area contributed by atoms with Gasteiger partial charge in [-0.15, -0.1) is 0 Å². The van der Waals surface area contributed by atoms with Gasteiger partial charge >= 0.3 is 0 Å². The third-order valence-corrected chi connectivity index (χ3v) is 8.40. The highest BCUT2D eigenvalue weighted by Crippen LogP contribution is 2.67. The Morgan fingerprint density at radius 3 is 2.74 bits per heavy atom. The molecule has 0 amide bonds. The molecule has 0 saturated heterocycles. The highest BCUT2D eigenvalue weighted by molar-refractivity contribution is 8.00. The topological polar surface area (TPSA) is 42.9 Å². The average molecular weight is 385 g/mol. The number of aromatic nitrogens is 2. The number of hydrogen-bond donors (Lipinski definition) is 0. The molecule has 0 radical (unpaired) electrons. The van der Waals surface area contributed by atoms with Gasteiger partial charge in [0.15, 0.2) is 0 Å². The Morgan fingerprint density at radius 1 is 1.22 bits per heavy atom. The number of thioether (sulfide) groups is 1. The molecule has 4 saturated carbocycles. The summed E-state index contributed by atoms with van der Waals surface area (Å²) in [5.41, 5.74) is 0.993. The van der Waals surface area contributed by atoms with Crippen molar-refractivity contribution in [3.05, 3.63) is 30.3 Å². The third-order valence-electron chi connectivity index (χ3n) is 6.97. The summed E-state index contributed by atoms with van der Waals surface area (Å²) >= 11 is 1.84. The zero-order valence-electron chi connectivity index (χ0n) is 15.7. The Balaban J connectivity index is 1.50. The maximum Gasteiger partial charge on any atom is 0.133 e. The van der Waals surface area contributed by atoms with E-state index in [0.717, 1.165) is 40.6 Å². The van der Waals surface area contributed by atoms with Crippen molar-refractivity contribution in [1.82, 2.24) is 9.97 Å². The molecule has 6 rings (SSSR count). The van der Waals surface area contributed by atoms with Gasteiger partial charge in [0.25, 0.3) is 0 Å². The number of fused-ring (bicyclic) bond motifs is 1. The number of benzene rings is 1. The van der Waals surface area contributed by atoms with E-state index in [-0.39, 0.29) is 16.0 Å². The zero-order valence-corrected chi connectivity index (χ0v) is 16.5. The Labute approximate surface area is 163 Å². The molecule has 3 nitrogen and oxygen atoms in total. The van der Waals surface area contributed by atoms with Gasteiger partial charge in [-0.1, -0.05) is 18.7 Å². The number of halogens is 1. The predicted octanol–water partition coefficient (Wildman–Crippen LogP) is 5.57. The molecule has 0 aliphatic heterocycles. The molecule has 1 aromatic carbocycles. The molecule has 2 atom stereocenters. The number of carbonyl (C=O) groups is 1. The molecule has 1 aromatic heterocycles. The number of ketones is 1. The maximum atomic E-state index is 13.9. The van der Waals surface area contributed by atoms with Crippen molar-refractivity contribution in [2.24, 2.45) is 17.3 Å². The van der Waals surface area contributed by atoms with Crippen LogP contribution in [-0.2, 0) is 4.79 Å². The number of nitrogens with zero attached hydrogens (tertiary/aromatic N) is 2. The lowest BCUT2D eigenvalue weighted by molar-refractivity contribution is -0.125. The van der Waals surface area contributed by atoms with E-state index in [2.05, 4.69) is 9.97 Å². The Bertz CT molecular complexity index is 900. The van der Waals surface area contributed by atoms with Crippen LogP contribution in [0.1, 0.15) is 58.3 Å². The Kier molecular flexibility index (Phi) is 4.08. The third kappa shape index (κ3) is 3.08. The lowest BCUT2D eigenvalue weighted by Gasteiger charge is -2.61. The van der Waals surface area contributed by atoms with E-state index in [4.69, 9.17) is 0 Å². The van der Waals surface area contributed by atoms with Crippen LogP contribution >= 0.6 is 11.8 Å². The molecule has 1 heterocycles. The van der Waals surface area contributed by atoms with Crippen LogP contribution in [0.15, 0.2) is 29.6 Å². The SMILES string of the molecule is CCC(=O)CC12CC3CC(C1)CC(Sc1ncnc4ccc(F)cc14)(C3)C2. The molecule has 2 aromatic rings. The second kappa shape index (κ2) is 6.26. The maximum absolute atomic E-state index is 13.9. The first kappa shape index (κ1) is 17.6. The first-order valence-corrected chi connectivity index (χ1v) is 10.9. The van der Waals surface area contributed by atoms with Crippen molar-refractivity contribution in [3.63, 3.8) is 0 Å². The van der Waals surface area contributed by atoms with Gasteiger partial charge in [0.05, 0.1) is 5.52 Å². The zero-order chi connectivity index (χ0) is 18.6. The molecular formula is C22H25FN2OS. The molecule has 27 heavy (non-hydrogen) atoms. The summed E-state index contributed by atoms with van der Waals surface area (Å²) in [5, 5.41) is 1.72. The lowest BCUT2D eigenvalue weighted by Crippen LogP contribution is -2.54. The normalized spacial score (nSPS) is 34.3. The monoisotopic (exact) mass is 384 g/mol. The summed E-state index contributed by atoms with van der Waals surface area (Å²) in [7, 11) is 0. The Morgan fingerprint density at radius 2 is 2.00 bits per heavy atom. The first-order chi connectivity index (χ1) is 13.0. The van der Waals surface area contributed by atoms with Crippen LogP contribution in [0.3, 0.4) is 0 Å². The van der Waals surface area contributed by atoms with E-state index >= 15 is 0 Å². The standard InChI is InChI=1S/C22H25FN2OS/c1-2-17(26)11-21-7-14-5-15(8-21)10-22(9-14,12-21)27-20-18-6-16(23)3-4-19(18)24-13-25-20/h3-4,6,13-15H,2,5,7-12H2,1H3. The number of carbonyl (C=O) groups excluding carboxylic acids is 1. The molecule has 142 valence electrons. The molecule has 2 unspecified atom stereocenters. The summed E-state index contributed by atoms with van der Waals surface area (Å²) in [4.78, 5) is 21.2. The average Bonchev–Trinajstić information content (AvgIpc) is 2.60. The minimum atomic E-state index is -0.241. The fraction of sp³-hybridized carbons (Fsp3) is 0.591. The Hall–Kier alpha value is -1.49. The van der Waals surface area contributed by atoms with Crippen LogP contribution in [-0.4, -0.2) is 20.5 Å². The molecule has 4 aliphatic rings. The van der Waals surface area contributed by atoms with E-state index in [1.54, 1.807) is 18.5 Å². The van der Waals surface area contributed by atoms with Gasteiger partial charge in [-0.2, -0.15) is 0 Å². The largest absolute Gasteiger partial charge is 0.300 e. The van der Waals surface area contributed by atoms with Gasteiger partial charge in [-0.05, 0) is 74.0 Å². The van der Waals surface area contributed by atoms with Crippen LogP contribution in [0.25, 0.3) is 10.9 Å². The molecule has 0 N–H and O–H groups in total. The van der Waals surface area contributed by atoms with Crippen LogP contribution in [0, 0.1) is 23.1 Å². The highest BCUT2D eigenvalue weighted by atomic mass is 32.2. The van der Waals surface area contributed by atoms with Crippen molar-refractivity contribution >= 4 is 28.4 Å². The van der Waals surface area contributed by atoms with Crippen molar-refractivity contribution in [3.8, 4) is 0 Å². The summed E-state index contributed by atoms with van der Waals surface area (Å²) in [6, 6.07) is 4.76. The summed E-state index contributed by atoms with van der Waals surface area (Å²) < 4.78 is 14.0. The van der Waals surface area contributed by atoms with E-state index in [9.17, 15) is 9.18 Å². The highest BCUT2D eigenvalue weighted by Gasteiger charge is 2.58. The van der Waals surface area contributed by atoms with Gasteiger partial charge < -0.3 is 0 Å². The molecule has 5 heteroatoms. The van der Waals surface area contributed by atoms with E-state index in [1.165, 1.54) is 38.2 Å². The second-order valence-electron chi connectivity index (χ2n) is 9.16. The summed E-state index contributed by atoms with van der Waals surface area (Å²) in [5.74, 6) is 1.63. The fourth-order valence-corrected chi connectivity index (χ4v) is 8.33. The van der Waals surface area contributed by atoms with Crippen molar-refractivity contribution in [2.75, 3.05) is 0 Å². The minimum absolute atomic E-state index is 0.145. The quantitative estimate of drug-likeness (QED) is 0.632. The van der Waals surface area contributed by atoms with E-state index in [0.29, 0.717) is 12.2 Å². The van der Waals surface area contributed by atoms with Crippen LogP contribution in [0.5, 0.6) is 0 Å². The van der Waals surface area contributed by atoms with Gasteiger partial charge in [-0.25, -0.2) is 14.4 Å². The van der Waals surface area contributed by atoms with Gasteiger partial charge in [0, 0.05) is 23.0 Å². The van der Waals surface area contributed by atoms with Gasteiger partial charge in [-0.3, -0.25) is 4.79 Å². The molecule has 4 bridgehead atoms. The van der Waals surface area contributed by atoms with Crippen LogP contribution in [0.2, 0.25) is 0 Å². The second-order valence-corrected chi connectivity index (χ2v) is 10.6. The van der Waals surface area contributed by atoms with Crippen molar-refractivity contribution < 1.29 is 9.18 Å². The van der Waals surface area contributed by atoms with Gasteiger partial charge in [0.2, 0.25) is 0 Å². The summed E-state index contributed by atoms with van der Waals surface area (Å²) in [6.45, 7) is 1.98. The first-order valence-electron chi connectivity index (χ1n) is 10.1. The lowest BCUT2D eigenvalue weighted by atomic mass is 9.48. The van der Waals surface area contributed by atoms with Crippen LogP contribution in [0.4, 0.5) is 4.39 Å². The molecule has 0 spiro atoms. The predicted molar refractivity (Wildman–Crippen MR) is 105 cm³/mol. The molecule has 4 aliphatic carbocycles. The van der Waals surface area contributed by atoms with E-state index < -0.39 is 0 Å². The number of hydrogen-bond acceptors (Lipinski definition) is 4. The number of rotatable bonds is 5.